The highest BCUT2D eigenvalue weighted by Gasteiger charge is 2.16. The van der Waals surface area contributed by atoms with E-state index < -0.39 is 0 Å². The van der Waals surface area contributed by atoms with Gasteiger partial charge in [0.25, 0.3) is 0 Å². The van der Waals surface area contributed by atoms with Gasteiger partial charge in [0.05, 0.1) is 0 Å². The van der Waals surface area contributed by atoms with Gasteiger partial charge >= 0.3 is 0 Å². The Morgan fingerprint density at radius 3 is 3.11 bits per heavy atom. The SMILES string of the molecule is CN1CCC(CNc2ncc3ccsc3n2)CC1. The van der Waals surface area contributed by atoms with Crippen LogP contribution < -0.4 is 5.32 Å². The number of aromatic nitrogens is 2. The molecule has 3 rings (SSSR count). The Labute approximate surface area is 111 Å². The van der Waals surface area contributed by atoms with Crippen LogP contribution in [0.15, 0.2) is 17.6 Å². The fraction of sp³-hybridized carbons (Fsp3) is 0.538. The molecule has 0 unspecified atom stereocenters. The number of hydrogen-bond donors (Lipinski definition) is 1. The third-order valence-corrected chi connectivity index (χ3v) is 4.42. The molecule has 18 heavy (non-hydrogen) atoms. The van der Waals surface area contributed by atoms with Gasteiger partial charge in [-0.15, -0.1) is 11.3 Å². The number of thiophene rings is 1. The molecule has 0 aromatic carbocycles. The molecule has 1 N–H and O–H groups in total. The quantitative estimate of drug-likeness (QED) is 0.922. The monoisotopic (exact) mass is 262 g/mol. The molecule has 1 aliphatic heterocycles. The zero-order valence-electron chi connectivity index (χ0n) is 10.6. The van der Waals surface area contributed by atoms with E-state index in [1.165, 1.54) is 25.9 Å². The topological polar surface area (TPSA) is 41.0 Å². The van der Waals surface area contributed by atoms with Crippen LogP contribution in [0.4, 0.5) is 5.95 Å². The lowest BCUT2D eigenvalue weighted by atomic mass is 9.97. The van der Waals surface area contributed by atoms with E-state index in [1.807, 2.05) is 6.20 Å². The minimum Gasteiger partial charge on any atom is -0.354 e. The van der Waals surface area contributed by atoms with Gasteiger partial charge < -0.3 is 10.2 Å². The fourth-order valence-corrected chi connectivity index (χ4v) is 3.08. The maximum absolute atomic E-state index is 4.52. The normalized spacial score (nSPS) is 18.3. The van der Waals surface area contributed by atoms with Gasteiger partial charge in [-0.25, -0.2) is 9.97 Å². The van der Waals surface area contributed by atoms with Gasteiger partial charge in [0, 0.05) is 18.1 Å². The van der Waals surface area contributed by atoms with Crippen LogP contribution in [0.1, 0.15) is 12.8 Å². The van der Waals surface area contributed by atoms with Gasteiger partial charge in [0.1, 0.15) is 4.83 Å². The van der Waals surface area contributed by atoms with Gasteiger partial charge in [-0.05, 0) is 50.3 Å². The van der Waals surface area contributed by atoms with E-state index in [9.17, 15) is 0 Å². The molecule has 4 nitrogen and oxygen atoms in total. The molecule has 2 aromatic rings. The second kappa shape index (κ2) is 5.20. The van der Waals surface area contributed by atoms with Crippen LogP contribution in [0.3, 0.4) is 0 Å². The molecule has 0 bridgehead atoms. The third-order valence-electron chi connectivity index (χ3n) is 3.59. The first-order valence-corrected chi connectivity index (χ1v) is 7.32. The first kappa shape index (κ1) is 11.9. The van der Waals surface area contributed by atoms with Crippen LogP contribution in [0.5, 0.6) is 0 Å². The summed E-state index contributed by atoms with van der Waals surface area (Å²) in [6.45, 7) is 3.40. The van der Waals surface area contributed by atoms with Crippen molar-refractivity contribution in [2.75, 3.05) is 32.0 Å². The lowest BCUT2D eigenvalue weighted by Gasteiger charge is -2.28. The maximum Gasteiger partial charge on any atom is 0.224 e. The Morgan fingerprint density at radius 2 is 2.28 bits per heavy atom. The number of hydrogen-bond acceptors (Lipinski definition) is 5. The zero-order valence-corrected chi connectivity index (χ0v) is 11.4. The van der Waals surface area contributed by atoms with E-state index in [-0.39, 0.29) is 0 Å². The summed E-state index contributed by atoms with van der Waals surface area (Å²) >= 11 is 1.67. The molecule has 1 aliphatic rings. The van der Waals surface area contributed by atoms with E-state index in [2.05, 4.69) is 38.7 Å². The Kier molecular flexibility index (Phi) is 3.43. The molecule has 0 saturated carbocycles. The van der Waals surface area contributed by atoms with Crippen LogP contribution in [0.2, 0.25) is 0 Å². The Morgan fingerprint density at radius 1 is 1.44 bits per heavy atom. The highest BCUT2D eigenvalue weighted by molar-refractivity contribution is 7.16. The smallest absolute Gasteiger partial charge is 0.224 e. The number of fused-ring (bicyclic) bond motifs is 1. The van der Waals surface area contributed by atoms with Crippen LogP contribution in [0.25, 0.3) is 10.2 Å². The van der Waals surface area contributed by atoms with Gasteiger partial charge in [-0.1, -0.05) is 0 Å². The van der Waals surface area contributed by atoms with Crippen molar-refractivity contribution < 1.29 is 0 Å². The molecule has 2 aromatic heterocycles. The highest BCUT2D eigenvalue weighted by atomic mass is 32.1. The van der Waals surface area contributed by atoms with E-state index in [1.54, 1.807) is 11.3 Å². The van der Waals surface area contributed by atoms with Crippen LogP contribution in [-0.2, 0) is 0 Å². The Bertz CT molecular complexity index is 516. The molecular formula is C13H18N4S. The van der Waals surface area contributed by atoms with Crippen LogP contribution in [0, 0.1) is 5.92 Å². The number of rotatable bonds is 3. The molecule has 0 amide bonds. The summed E-state index contributed by atoms with van der Waals surface area (Å²) in [5.41, 5.74) is 0. The Balaban J connectivity index is 1.59. The van der Waals surface area contributed by atoms with Crippen LogP contribution in [-0.4, -0.2) is 41.5 Å². The van der Waals surface area contributed by atoms with Crippen molar-refractivity contribution in [3.8, 4) is 0 Å². The number of likely N-dealkylation sites (tertiary alicyclic amines) is 1. The van der Waals surface area contributed by atoms with Crippen molar-refractivity contribution in [1.29, 1.82) is 0 Å². The minimum atomic E-state index is 0.754. The summed E-state index contributed by atoms with van der Waals surface area (Å²) < 4.78 is 0. The van der Waals surface area contributed by atoms with Crippen LogP contribution >= 0.6 is 11.3 Å². The highest BCUT2D eigenvalue weighted by Crippen LogP contribution is 2.20. The summed E-state index contributed by atoms with van der Waals surface area (Å²) in [6, 6.07) is 2.06. The molecule has 3 heterocycles. The fourth-order valence-electron chi connectivity index (χ4n) is 2.34. The maximum atomic E-state index is 4.52. The summed E-state index contributed by atoms with van der Waals surface area (Å²) in [5.74, 6) is 1.52. The number of nitrogens with zero attached hydrogens (tertiary/aromatic N) is 3. The van der Waals surface area contributed by atoms with Gasteiger partial charge in [0.15, 0.2) is 0 Å². The van der Waals surface area contributed by atoms with Crippen molar-refractivity contribution in [1.82, 2.24) is 14.9 Å². The summed E-state index contributed by atoms with van der Waals surface area (Å²) in [5, 5.41) is 6.56. The summed E-state index contributed by atoms with van der Waals surface area (Å²) in [4.78, 5) is 12.3. The average Bonchev–Trinajstić information content (AvgIpc) is 2.85. The molecule has 5 heteroatoms. The molecule has 1 fully saturated rings. The largest absolute Gasteiger partial charge is 0.354 e. The van der Waals surface area contributed by atoms with Crippen molar-refractivity contribution in [3.63, 3.8) is 0 Å². The van der Waals surface area contributed by atoms with Gasteiger partial charge in [-0.3, -0.25) is 0 Å². The molecular weight excluding hydrogens is 244 g/mol. The van der Waals surface area contributed by atoms with E-state index in [0.717, 1.165) is 28.6 Å². The third kappa shape index (κ3) is 2.62. The van der Waals surface area contributed by atoms with E-state index >= 15 is 0 Å². The zero-order chi connectivity index (χ0) is 12.4. The second-order valence-corrected chi connectivity index (χ2v) is 5.90. The molecule has 96 valence electrons. The molecule has 0 radical (unpaired) electrons. The molecule has 0 aliphatic carbocycles. The molecule has 0 atom stereocenters. The van der Waals surface area contributed by atoms with E-state index in [0.29, 0.717) is 0 Å². The number of nitrogens with one attached hydrogen (secondary N) is 1. The van der Waals surface area contributed by atoms with Crippen molar-refractivity contribution in [3.05, 3.63) is 17.6 Å². The standard InChI is InChI=1S/C13H18N4S/c1-17-5-2-10(3-6-17)8-14-13-15-9-11-4-7-18-12(11)16-13/h4,7,9-10H,2-3,5-6,8H2,1H3,(H,14,15,16). The number of anilines is 1. The van der Waals surface area contributed by atoms with Gasteiger partial charge in [0.2, 0.25) is 5.95 Å². The van der Waals surface area contributed by atoms with Gasteiger partial charge in [-0.2, -0.15) is 0 Å². The average molecular weight is 262 g/mol. The first-order chi connectivity index (χ1) is 8.81. The van der Waals surface area contributed by atoms with Crippen molar-refractivity contribution in [2.45, 2.75) is 12.8 Å². The predicted molar refractivity (Wildman–Crippen MR) is 76.1 cm³/mol. The minimum absolute atomic E-state index is 0.754. The second-order valence-electron chi connectivity index (χ2n) is 5.00. The lowest BCUT2D eigenvalue weighted by Crippen LogP contribution is -2.33. The molecule has 1 saturated heterocycles. The molecule has 0 spiro atoms. The number of piperidine rings is 1. The van der Waals surface area contributed by atoms with Crippen molar-refractivity contribution in [2.24, 2.45) is 5.92 Å². The Hall–Kier alpha value is -1.20. The van der Waals surface area contributed by atoms with E-state index in [4.69, 9.17) is 0 Å². The summed E-state index contributed by atoms with van der Waals surface area (Å²) in [6.07, 6.45) is 4.44. The van der Waals surface area contributed by atoms with Crippen molar-refractivity contribution >= 4 is 27.5 Å². The lowest BCUT2D eigenvalue weighted by molar-refractivity contribution is 0.226. The summed E-state index contributed by atoms with van der Waals surface area (Å²) in [7, 11) is 2.19. The predicted octanol–water partition coefficient (Wildman–Crippen LogP) is 2.45. The first-order valence-electron chi connectivity index (χ1n) is 6.44.